The number of pyridine rings is 1. The van der Waals surface area contributed by atoms with Crippen LogP contribution in [0.3, 0.4) is 0 Å². The van der Waals surface area contributed by atoms with Crippen molar-refractivity contribution in [3.8, 4) is 11.5 Å². The zero-order chi connectivity index (χ0) is 25.7. The number of imide groups is 1. The maximum Gasteiger partial charge on any atom is 0.413 e. The Kier molecular flexibility index (Phi) is 7.48. The van der Waals surface area contributed by atoms with Crippen molar-refractivity contribution >= 4 is 40.5 Å². The first-order valence-corrected chi connectivity index (χ1v) is 11.4. The molecule has 0 fully saturated rings. The quantitative estimate of drug-likeness (QED) is 0.491. The number of nitrogens with one attached hydrogen (secondary N) is 1. The summed E-state index contributed by atoms with van der Waals surface area (Å²) in [7, 11) is 3.16. The predicted octanol–water partition coefficient (Wildman–Crippen LogP) is 4.17. The Balaban J connectivity index is 1.66. The van der Waals surface area contributed by atoms with Gasteiger partial charge >= 0.3 is 12.1 Å². The standard InChI is InChI=1S/C27H26N2O7/c1-4-35-27(32)29-23(30)15-36-26(31)24-18-7-5-6-8-20(18)28-25-17(10-11-19(24)25)13-16-9-12-21(33-2)22(14-16)34-3/h5-9,12-14H,4,10-11,15H2,1-3H3,(H,29,30,32)/b17-13+. The summed E-state index contributed by atoms with van der Waals surface area (Å²) < 4.78 is 20.7. The highest BCUT2D eigenvalue weighted by Gasteiger charge is 2.28. The molecule has 4 rings (SSSR count). The summed E-state index contributed by atoms with van der Waals surface area (Å²) in [5, 5.41) is 2.65. The minimum atomic E-state index is -0.890. The molecule has 1 aliphatic carbocycles. The molecule has 0 spiro atoms. The van der Waals surface area contributed by atoms with Crippen molar-refractivity contribution in [2.24, 2.45) is 0 Å². The maximum atomic E-state index is 13.2. The molecule has 2 aromatic carbocycles. The molecule has 2 amide bonds. The number of esters is 1. The fraction of sp³-hybridized carbons (Fsp3) is 0.259. The lowest BCUT2D eigenvalue weighted by Crippen LogP contribution is -2.34. The minimum Gasteiger partial charge on any atom is -0.493 e. The van der Waals surface area contributed by atoms with Crippen molar-refractivity contribution in [2.75, 3.05) is 27.4 Å². The number of ether oxygens (including phenoxy) is 4. The summed E-state index contributed by atoms with van der Waals surface area (Å²) in [5.41, 5.74) is 4.36. The molecule has 36 heavy (non-hydrogen) atoms. The van der Waals surface area contributed by atoms with Gasteiger partial charge in [0.05, 0.1) is 37.6 Å². The third-order valence-electron chi connectivity index (χ3n) is 5.75. The van der Waals surface area contributed by atoms with Crippen LogP contribution >= 0.6 is 0 Å². The van der Waals surface area contributed by atoms with Crippen LogP contribution in [0.2, 0.25) is 0 Å². The molecule has 0 saturated carbocycles. The highest BCUT2D eigenvalue weighted by molar-refractivity contribution is 6.07. The SMILES string of the molecule is CCOC(=O)NC(=O)COC(=O)c1c2c(nc3ccccc13)/C(=C/c1ccc(OC)c(OC)c1)CC2. The Labute approximate surface area is 208 Å². The van der Waals surface area contributed by atoms with E-state index in [1.165, 1.54) is 0 Å². The molecule has 3 aromatic rings. The number of rotatable bonds is 7. The molecule has 9 heteroatoms. The summed E-state index contributed by atoms with van der Waals surface area (Å²) in [4.78, 5) is 41.4. The van der Waals surface area contributed by atoms with Crippen LogP contribution in [0.15, 0.2) is 42.5 Å². The molecule has 9 nitrogen and oxygen atoms in total. The Morgan fingerprint density at radius 3 is 2.53 bits per heavy atom. The van der Waals surface area contributed by atoms with E-state index in [4.69, 9.17) is 19.2 Å². The summed E-state index contributed by atoms with van der Waals surface area (Å²) >= 11 is 0. The first-order chi connectivity index (χ1) is 17.4. The van der Waals surface area contributed by atoms with E-state index in [1.807, 2.05) is 47.8 Å². The summed E-state index contributed by atoms with van der Waals surface area (Å²) in [6, 6.07) is 12.9. The molecule has 0 unspecified atom stereocenters. The highest BCUT2D eigenvalue weighted by Crippen LogP contribution is 2.38. The Morgan fingerprint density at radius 2 is 1.78 bits per heavy atom. The average molecular weight is 491 g/mol. The Bertz CT molecular complexity index is 1360. The molecule has 1 N–H and O–H groups in total. The number of fused-ring (bicyclic) bond motifs is 2. The number of carbonyl (C=O) groups excluding carboxylic acids is 3. The molecule has 1 heterocycles. The van der Waals surface area contributed by atoms with E-state index in [1.54, 1.807) is 27.2 Å². The fourth-order valence-electron chi connectivity index (χ4n) is 4.18. The van der Waals surface area contributed by atoms with Gasteiger partial charge in [0, 0.05) is 5.39 Å². The fourth-order valence-corrected chi connectivity index (χ4v) is 4.18. The monoisotopic (exact) mass is 490 g/mol. The molecular weight excluding hydrogens is 464 g/mol. The van der Waals surface area contributed by atoms with Gasteiger partial charge < -0.3 is 18.9 Å². The smallest absolute Gasteiger partial charge is 0.413 e. The van der Waals surface area contributed by atoms with Gasteiger partial charge in [-0.3, -0.25) is 10.1 Å². The second kappa shape index (κ2) is 10.9. The topological polar surface area (TPSA) is 113 Å². The second-order valence-electron chi connectivity index (χ2n) is 7.96. The van der Waals surface area contributed by atoms with Gasteiger partial charge in [-0.25, -0.2) is 14.6 Å². The van der Waals surface area contributed by atoms with Gasteiger partial charge in [-0.2, -0.15) is 0 Å². The lowest BCUT2D eigenvalue weighted by atomic mass is 10.0. The number of benzene rings is 2. The van der Waals surface area contributed by atoms with Gasteiger partial charge in [-0.05, 0) is 60.7 Å². The molecule has 1 aromatic heterocycles. The van der Waals surface area contributed by atoms with E-state index in [-0.39, 0.29) is 6.61 Å². The molecule has 0 bridgehead atoms. The number of para-hydroxylation sites is 1. The van der Waals surface area contributed by atoms with Crippen molar-refractivity contribution < 1.29 is 33.3 Å². The largest absolute Gasteiger partial charge is 0.493 e. The van der Waals surface area contributed by atoms with Gasteiger partial charge in [0.1, 0.15) is 0 Å². The third kappa shape index (κ3) is 5.14. The van der Waals surface area contributed by atoms with Crippen molar-refractivity contribution in [3.05, 3.63) is 64.8 Å². The van der Waals surface area contributed by atoms with Crippen LogP contribution in [0.25, 0.3) is 22.6 Å². The number of alkyl carbamates (subject to hydrolysis) is 1. The molecule has 0 atom stereocenters. The molecule has 186 valence electrons. The number of aromatic nitrogens is 1. The van der Waals surface area contributed by atoms with Crippen LogP contribution in [0.5, 0.6) is 11.5 Å². The lowest BCUT2D eigenvalue weighted by Gasteiger charge is -2.12. The first kappa shape index (κ1) is 24.7. The molecular formula is C27H26N2O7. The molecule has 0 saturated heterocycles. The summed E-state index contributed by atoms with van der Waals surface area (Å²) in [6.07, 6.45) is 2.39. The van der Waals surface area contributed by atoms with E-state index in [2.05, 4.69) is 4.74 Å². The second-order valence-corrected chi connectivity index (χ2v) is 7.96. The molecule has 0 aliphatic heterocycles. The predicted molar refractivity (Wildman–Crippen MR) is 133 cm³/mol. The Morgan fingerprint density at radius 1 is 1.00 bits per heavy atom. The van der Waals surface area contributed by atoms with Gasteiger partial charge in [-0.15, -0.1) is 0 Å². The van der Waals surface area contributed by atoms with E-state index in [0.29, 0.717) is 46.5 Å². The lowest BCUT2D eigenvalue weighted by molar-refractivity contribution is -0.123. The summed E-state index contributed by atoms with van der Waals surface area (Å²) in [6.45, 7) is 1.12. The van der Waals surface area contributed by atoms with Crippen LogP contribution in [-0.4, -0.2) is 50.4 Å². The van der Waals surface area contributed by atoms with Crippen LogP contribution in [0.1, 0.15) is 40.5 Å². The van der Waals surface area contributed by atoms with Crippen molar-refractivity contribution in [1.82, 2.24) is 10.3 Å². The molecule has 0 radical (unpaired) electrons. The normalized spacial score (nSPS) is 13.2. The molecule has 1 aliphatic rings. The first-order valence-electron chi connectivity index (χ1n) is 11.4. The third-order valence-corrected chi connectivity index (χ3v) is 5.75. The number of allylic oxidation sites excluding steroid dienone is 1. The van der Waals surface area contributed by atoms with Crippen LogP contribution in [0, 0.1) is 0 Å². The zero-order valence-corrected chi connectivity index (χ0v) is 20.3. The van der Waals surface area contributed by atoms with Crippen molar-refractivity contribution in [1.29, 1.82) is 0 Å². The summed E-state index contributed by atoms with van der Waals surface area (Å²) in [5.74, 6) is -0.184. The van der Waals surface area contributed by atoms with Gasteiger partial charge in [0.15, 0.2) is 18.1 Å². The van der Waals surface area contributed by atoms with Gasteiger partial charge in [0.2, 0.25) is 0 Å². The van der Waals surface area contributed by atoms with Crippen molar-refractivity contribution in [3.63, 3.8) is 0 Å². The number of hydrogen-bond donors (Lipinski definition) is 1. The van der Waals surface area contributed by atoms with Gasteiger partial charge in [0.25, 0.3) is 5.91 Å². The van der Waals surface area contributed by atoms with E-state index in [0.717, 1.165) is 16.7 Å². The maximum absolute atomic E-state index is 13.2. The van der Waals surface area contributed by atoms with Crippen molar-refractivity contribution in [2.45, 2.75) is 19.8 Å². The number of carbonyl (C=O) groups is 3. The number of amides is 2. The van der Waals surface area contributed by atoms with E-state index in [9.17, 15) is 14.4 Å². The van der Waals surface area contributed by atoms with E-state index < -0.39 is 24.6 Å². The van der Waals surface area contributed by atoms with Gasteiger partial charge in [-0.1, -0.05) is 24.3 Å². The average Bonchev–Trinajstić information content (AvgIpc) is 3.27. The Hall–Kier alpha value is -4.40. The minimum absolute atomic E-state index is 0.118. The highest BCUT2D eigenvalue weighted by atomic mass is 16.6. The van der Waals surface area contributed by atoms with Crippen LogP contribution < -0.4 is 14.8 Å². The number of nitrogens with zero attached hydrogens (tertiary/aromatic N) is 1. The number of hydrogen-bond acceptors (Lipinski definition) is 8. The van der Waals surface area contributed by atoms with Crippen LogP contribution in [-0.2, 0) is 20.7 Å². The van der Waals surface area contributed by atoms with Crippen LogP contribution in [0.4, 0.5) is 4.79 Å². The van der Waals surface area contributed by atoms with E-state index >= 15 is 0 Å². The number of methoxy groups -OCH3 is 2. The zero-order valence-electron chi connectivity index (χ0n) is 20.3.